The fraction of sp³-hybridized carbons (Fsp3) is 0.562. The van der Waals surface area contributed by atoms with Crippen molar-refractivity contribution in [3.05, 3.63) is 35.1 Å². The Kier molecular flexibility index (Phi) is 5.89. The third-order valence-corrected chi connectivity index (χ3v) is 6.11. The first kappa shape index (κ1) is 18.0. The van der Waals surface area contributed by atoms with Crippen LogP contribution in [-0.2, 0) is 10.0 Å². The Morgan fingerprint density at radius 2 is 1.87 bits per heavy atom. The topological polar surface area (TPSA) is 57.7 Å². The SMILES string of the molecule is CCCS(=O)(=O)N1CCN(CC(=O)c2ccc(F)c(C)c2)CC1. The fourth-order valence-corrected chi connectivity index (χ4v) is 4.16. The molecule has 1 aromatic rings. The standard InChI is InChI=1S/C16H23FN2O3S/c1-3-10-23(21,22)19-8-6-18(7-9-19)12-16(20)14-4-5-15(17)13(2)11-14/h4-5,11H,3,6-10,12H2,1-2H3. The summed E-state index contributed by atoms with van der Waals surface area (Å²) in [5, 5.41) is 0. The van der Waals surface area contributed by atoms with Gasteiger partial charge in [-0.1, -0.05) is 6.92 Å². The molecule has 5 nitrogen and oxygen atoms in total. The van der Waals surface area contributed by atoms with Gasteiger partial charge in [0.1, 0.15) is 5.82 Å². The van der Waals surface area contributed by atoms with Crippen LogP contribution in [0.4, 0.5) is 4.39 Å². The number of carbonyl (C=O) groups excluding carboxylic acids is 1. The lowest BCUT2D eigenvalue weighted by molar-refractivity contribution is 0.0901. The molecule has 1 aliphatic heterocycles. The lowest BCUT2D eigenvalue weighted by Gasteiger charge is -2.33. The zero-order valence-corrected chi connectivity index (χ0v) is 14.4. The minimum Gasteiger partial charge on any atom is -0.293 e. The summed E-state index contributed by atoms with van der Waals surface area (Å²) in [4.78, 5) is 14.2. The van der Waals surface area contributed by atoms with Crippen molar-refractivity contribution in [3.63, 3.8) is 0 Å². The fourth-order valence-electron chi connectivity index (χ4n) is 2.67. The molecule has 1 aromatic carbocycles. The molecule has 0 aromatic heterocycles. The molecule has 128 valence electrons. The molecule has 23 heavy (non-hydrogen) atoms. The number of Topliss-reactive ketones (excluding diaryl/α,β-unsaturated/α-hetero) is 1. The Morgan fingerprint density at radius 1 is 1.22 bits per heavy atom. The lowest BCUT2D eigenvalue weighted by Crippen LogP contribution is -2.50. The summed E-state index contributed by atoms with van der Waals surface area (Å²) in [6.45, 7) is 5.60. The molecule has 1 heterocycles. The largest absolute Gasteiger partial charge is 0.293 e. The van der Waals surface area contributed by atoms with Crippen molar-refractivity contribution in [1.29, 1.82) is 0 Å². The third-order valence-electron chi connectivity index (χ3n) is 4.03. The summed E-state index contributed by atoms with van der Waals surface area (Å²) in [5.41, 5.74) is 0.941. The van der Waals surface area contributed by atoms with Gasteiger partial charge in [0.25, 0.3) is 0 Å². The number of sulfonamides is 1. The highest BCUT2D eigenvalue weighted by molar-refractivity contribution is 7.89. The smallest absolute Gasteiger partial charge is 0.214 e. The van der Waals surface area contributed by atoms with Crippen LogP contribution in [0.1, 0.15) is 29.3 Å². The third kappa shape index (κ3) is 4.59. The maximum atomic E-state index is 13.3. The van der Waals surface area contributed by atoms with Gasteiger partial charge in [0.2, 0.25) is 10.0 Å². The Labute approximate surface area is 137 Å². The zero-order valence-electron chi connectivity index (χ0n) is 13.6. The van der Waals surface area contributed by atoms with E-state index in [0.29, 0.717) is 43.7 Å². The number of rotatable bonds is 6. The molecule has 0 N–H and O–H groups in total. The Balaban J connectivity index is 1.91. The van der Waals surface area contributed by atoms with Crippen LogP contribution in [0.2, 0.25) is 0 Å². The van der Waals surface area contributed by atoms with Gasteiger partial charge in [0.15, 0.2) is 5.78 Å². The first-order valence-electron chi connectivity index (χ1n) is 7.83. The predicted octanol–water partition coefficient (Wildman–Crippen LogP) is 1.67. The number of carbonyl (C=O) groups is 1. The van der Waals surface area contributed by atoms with Crippen molar-refractivity contribution in [1.82, 2.24) is 9.21 Å². The van der Waals surface area contributed by atoms with Crippen molar-refractivity contribution >= 4 is 15.8 Å². The summed E-state index contributed by atoms with van der Waals surface area (Å²) in [6, 6.07) is 4.35. The molecule has 7 heteroatoms. The summed E-state index contributed by atoms with van der Waals surface area (Å²) >= 11 is 0. The number of nitrogens with zero attached hydrogens (tertiary/aromatic N) is 2. The highest BCUT2D eigenvalue weighted by Gasteiger charge is 2.27. The summed E-state index contributed by atoms with van der Waals surface area (Å²) in [5.74, 6) is -0.227. The normalized spacial score (nSPS) is 17.3. The first-order valence-corrected chi connectivity index (χ1v) is 9.44. The van der Waals surface area contributed by atoms with Gasteiger partial charge < -0.3 is 0 Å². The molecule has 1 fully saturated rings. The molecule has 0 radical (unpaired) electrons. The van der Waals surface area contributed by atoms with Crippen molar-refractivity contribution in [2.45, 2.75) is 20.3 Å². The van der Waals surface area contributed by atoms with Crippen LogP contribution in [0, 0.1) is 12.7 Å². The number of hydrogen-bond donors (Lipinski definition) is 0. The van der Waals surface area contributed by atoms with Gasteiger partial charge in [-0.3, -0.25) is 9.69 Å². The van der Waals surface area contributed by atoms with Gasteiger partial charge >= 0.3 is 0 Å². The van der Waals surface area contributed by atoms with Gasteiger partial charge in [-0.2, -0.15) is 4.31 Å². The highest BCUT2D eigenvalue weighted by atomic mass is 32.2. The Hall–Kier alpha value is -1.31. The molecule has 1 saturated heterocycles. The number of halogens is 1. The molecule has 0 aliphatic carbocycles. The molecule has 2 rings (SSSR count). The zero-order chi connectivity index (χ0) is 17.0. The van der Waals surface area contributed by atoms with E-state index >= 15 is 0 Å². The minimum atomic E-state index is -3.17. The van der Waals surface area contributed by atoms with Crippen LogP contribution >= 0.6 is 0 Å². The minimum absolute atomic E-state index is 0.0713. The van der Waals surface area contributed by atoms with E-state index < -0.39 is 10.0 Å². The van der Waals surface area contributed by atoms with Crippen LogP contribution in [-0.4, -0.2) is 61.9 Å². The highest BCUT2D eigenvalue weighted by Crippen LogP contribution is 2.13. The predicted molar refractivity (Wildman–Crippen MR) is 87.6 cm³/mol. The second-order valence-corrected chi connectivity index (χ2v) is 7.97. The molecule has 0 unspecified atom stereocenters. The van der Waals surface area contributed by atoms with Gasteiger partial charge in [-0.05, 0) is 37.1 Å². The van der Waals surface area contributed by atoms with E-state index in [1.165, 1.54) is 16.4 Å². The van der Waals surface area contributed by atoms with Crippen molar-refractivity contribution in [3.8, 4) is 0 Å². The van der Waals surface area contributed by atoms with E-state index in [2.05, 4.69) is 0 Å². The van der Waals surface area contributed by atoms with Gasteiger partial charge in [0, 0.05) is 31.7 Å². The molecule has 0 spiro atoms. The van der Waals surface area contributed by atoms with Crippen LogP contribution < -0.4 is 0 Å². The van der Waals surface area contributed by atoms with Crippen LogP contribution in [0.25, 0.3) is 0 Å². The summed E-state index contributed by atoms with van der Waals surface area (Å²) in [6.07, 6.45) is 0.602. The second kappa shape index (κ2) is 7.51. The van der Waals surface area contributed by atoms with E-state index in [1.54, 1.807) is 13.0 Å². The molecule has 0 bridgehead atoms. The lowest BCUT2D eigenvalue weighted by atomic mass is 10.1. The summed E-state index contributed by atoms with van der Waals surface area (Å²) in [7, 11) is -3.17. The van der Waals surface area contributed by atoms with E-state index in [4.69, 9.17) is 0 Å². The van der Waals surface area contributed by atoms with E-state index in [1.807, 2.05) is 11.8 Å². The van der Waals surface area contributed by atoms with Gasteiger partial charge in [0.05, 0.1) is 12.3 Å². The number of hydrogen-bond acceptors (Lipinski definition) is 4. The average Bonchev–Trinajstić information content (AvgIpc) is 2.50. The van der Waals surface area contributed by atoms with Crippen LogP contribution in [0.15, 0.2) is 18.2 Å². The molecule has 0 amide bonds. The number of aryl methyl sites for hydroxylation is 1. The molecule has 0 atom stereocenters. The molecule has 1 aliphatic rings. The molecular weight excluding hydrogens is 319 g/mol. The quantitative estimate of drug-likeness (QED) is 0.738. The Bertz CT molecular complexity index is 668. The van der Waals surface area contributed by atoms with E-state index in [0.717, 1.165) is 0 Å². The Morgan fingerprint density at radius 3 is 2.43 bits per heavy atom. The monoisotopic (exact) mass is 342 g/mol. The van der Waals surface area contributed by atoms with Crippen molar-refractivity contribution in [2.75, 3.05) is 38.5 Å². The van der Waals surface area contributed by atoms with Gasteiger partial charge in [-0.15, -0.1) is 0 Å². The van der Waals surface area contributed by atoms with Gasteiger partial charge in [-0.25, -0.2) is 12.8 Å². The number of benzene rings is 1. The summed E-state index contributed by atoms with van der Waals surface area (Å²) < 4.78 is 38.8. The number of ketones is 1. The number of piperazine rings is 1. The second-order valence-electron chi connectivity index (χ2n) is 5.88. The van der Waals surface area contributed by atoms with Crippen molar-refractivity contribution in [2.24, 2.45) is 0 Å². The van der Waals surface area contributed by atoms with Crippen LogP contribution in [0.3, 0.4) is 0 Å². The van der Waals surface area contributed by atoms with E-state index in [-0.39, 0.29) is 23.9 Å². The van der Waals surface area contributed by atoms with Crippen molar-refractivity contribution < 1.29 is 17.6 Å². The van der Waals surface area contributed by atoms with Crippen LogP contribution in [0.5, 0.6) is 0 Å². The van der Waals surface area contributed by atoms with E-state index in [9.17, 15) is 17.6 Å². The maximum Gasteiger partial charge on any atom is 0.214 e. The first-order chi connectivity index (χ1) is 10.8. The maximum absolute atomic E-state index is 13.3. The molecule has 0 saturated carbocycles. The molecular formula is C16H23FN2O3S. The average molecular weight is 342 g/mol.